The van der Waals surface area contributed by atoms with Crippen LogP contribution >= 0.6 is 0 Å². The van der Waals surface area contributed by atoms with E-state index < -0.39 is 0 Å². The second kappa shape index (κ2) is 12.3. The molecule has 0 bridgehead atoms. The number of hydrogen-bond acceptors (Lipinski definition) is 4. The summed E-state index contributed by atoms with van der Waals surface area (Å²) in [4.78, 5) is 4.96. The minimum atomic E-state index is -0.190. The Morgan fingerprint density at radius 2 is 1.14 bits per heavy atom. The molecule has 2 aliphatic rings. The van der Waals surface area contributed by atoms with Crippen molar-refractivity contribution in [2.75, 3.05) is 9.71 Å². The van der Waals surface area contributed by atoms with Crippen LogP contribution in [0.25, 0.3) is 55.2 Å². The van der Waals surface area contributed by atoms with Gasteiger partial charge < -0.3 is 13.6 Å². The number of furan rings is 2. The predicted molar refractivity (Wildman–Crippen MR) is 245 cm³/mol. The molecule has 0 fully saturated rings. The molecule has 11 rings (SSSR count). The van der Waals surface area contributed by atoms with Crippen LogP contribution in [0.2, 0.25) is 0 Å². The average Bonchev–Trinajstić information content (AvgIpc) is 3.79. The third-order valence-corrected chi connectivity index (χ3v) is 12.4. The molecule has 4 nitrogen and oxygen atoms in total. The summed E-state index contributed by atoms with van der Waals surface area (Å²) in [5, 5.41) is 3.36. The lowest BCUT2D eigenvalue weighted by atomic mass is 9.43. The molecule has 0 N–H and O–H groups in total. The highest BCUT2D eigenvalue weighted by Gasteiger charge is 2.49. The number of benzene rings is 7. The minimum Gasteiger partial charge on any atom is -0.455 e. The Balaban J connectivity index is 1.28. The SMILES string of the molecule is Cc1cc2c3c(c1)N(c1ccc(C(C)(C)C)cc1-c1ccccc1)c1oc4ccccc4c1B3N(c1ccc(C(C)(C)C)cc1)c1ccc3c(oc4ccccc43)c1-2. The van der Waals surface area contributed by atoms with Gasteiger partial charge in [0.05, 0.1) is 5.69 Å². The number of rotatable bonds is 3. The van der Waals surface area contributed by atoms with Crippen LogP contribution in [-0.4, -0.2) is 6.85 Å². The maximum atomic E-state index is 7.17. The van der Waals surface area contributed by atoms with Crippen molar-refractivity contribution in [2.24, 2.45) is 0 Å². The number of hydrogen-bond donors (Lipinski definition) is 0. The van der Waals surface area contributed by atoms with Crippen LogP contribution in [0, 0.1) is 6.92 Å². The Kier molecular flexibility index (Phi) is 7.36. The fourth-order valence-corrected chi connectivity index (χ4v) is 9.53. The van der Waals surface area contributed by atoms with Crippen LogP contribution in [0.1, 0.15) is 58.2 Å². The molecule has 0 spiro atoms. The second-order valence-corrected chi connectivity index (χ2v) is 18.2. The minimum absolute atomic E-state index is 0.0222. The largest absolute Gasteiger partial charge is 0.455 e. The second-order valence-electron chi connectivity index (χ2n) is 18.2. The van der Waals surface area contributed by atoms with Crippen molar-refractivity contribution in [2.45, 2.75) is 59.3 Å². The van der Waals surface area contributed by atoms with Crippen LogP contribution in [0.3, 0.4) is 0 Å². The van der Waals surface area contributed by atoms with Gasteiger partial charge in [0.25, 0.3) is 0 Å². The van der Waals surface area contributed by atoms with Crippen molar-refractivity contribution in [1.29, 1.82) is 0 Å². The van der Waals surface area contributed by atoms with Crippen molar-refractivity contribution >= 4 is 79.3 Å². The lowest BCUT2D eigenvalue weighted by Gasteiger charge is -2.44. The van der Waals surface area contributed by atoms with Crippen LogP contribution in [0.15, 0.2) is 154 Å². The molecule has 0 unspecified atom stereocenters. The zero-order valence-corrected chi connectivity index (χ0v) is 34.1. The Hall–Kier alpha value is -6.46. The van der Waals surface area contributed by atoms with E-state index in [1.54, 1.807) is 0 Å². The summed E-state index contributed by atoms with van der Waals surface area (Å²) >= 11 is 0. The first-order valence-corrected chi connectivity index (χ1v) is 20.5. The maximum Gasteiger partial charge on any atom is 0.337 e. The van der Waals surface area contributed by atoms with Gasteiger partial charge in [-0.2, -0.15) is 0 Å². The lowest BCUT2D eigenvalue weighted by Crippen LogP contribution is -2.61. The van der Waals surface area contributed by atoms with Gasteiger partial charge in [-0.25, -0.2) is 0 Å². The quantitative estimate of drug-likeness (QED) is 0.168. The van der Waals surface area contributed by atoms with Crippen molar-refractivity contribution in [3.8, 4) is 22.3 Å². The van der Waals surface area contributed by atoms with E-state index in [1.807, 2.05) is 0 Å². The van der Waals surface area contributed by atoms with Crippen LogP contribution < -0.4 is 20.6 Å². The zero-order chi connectivity index (χ0) is 39.7. The molecule has 58 heavy (non-hydrogen) atoms. The fraction of sp³-hybridized carbons (Fsp3) is 0.170. The molecule has 9 aromatic rings. The molecule has 0 atom stereocenters. The van der Waals surface area contributed by atoms with Gasteiger partial charge in [-0.15, -0.1) is 0 Å². The summed E-state index contributed by atoms with van der Waals surface area (Å²) in [6, 6.07) is 53.3. The molecule has 282 valence electrons. The number of fused-ring (bicyclic) bond motifs is 10. The molecular formula is C53H45BN2O2. The highest BCUT2D eigenvalue weighted by Crippen LogP contribution is 2.52. The Bertz CT molecular complexity index is 3100. The highest BCUT2D eigenvalue weighted by molar-refractivity contribution is 6.95. The van der Waals surface area contributed by atoms with E-state index in [0.717, 1.165) is 72.6 Å². The molecule has 2 aliphatic heterocycles. The van der Waals surface area contributed by atoms with Gasteiger partial charge in [0.1, 0.15) is 16.7 Å². The molecule has 0 radical (unpaired) electrons. The topological polar surface area (TPSA) is 32.8 Å². The molecule has 5 heteroatoms. The predicted octanol–water partition coefficient (Wildman–Crippen LogP) is 13.6. The maximum absolute atomic E-state index is 7.17. The smallest absolute Gasteiger partial charge is 0.337 e. The number of anilines is 5. The highest BCUT2D eigenvalue weighted by atomic mass is 16.4. The van der Waals surface area contributed by atoms with Crippen LogP contribution in [0.4, 0.5) is 28.6 Å². The van der Waals surface area contributed by atoms with E-state index in [4.69, 9.17) is 8.83 Å². The molecule has 2 aromatic heterocycles. The van der Waals surface area contributed by atoms with Crippen LogP contribution in [0.5, 0.6) is 0 Å². The van der Waals surface area contributed by atoms with Gasteiger partial charge in [-0.3, -0.25) is 4.90 Å². The first kappa shape index (κ1) is 34.8. The molecule has 7 aromatic carbocycles. The molecule has 0 saturated heterocycles. The summed E-state index contributed by atoms with van der Waals surface area (Å²) in [6.07, 6.45) is 0. The van der Waals surface area contributed by atoms with E-state index >= 15 is 0 Å². The van der Waals surface area contributed by atoms with E-state index in [2.05, 4.69) is 204 Å². The molecular weight excluding hydrogens is 707 g/mol. The summed E-state index contributed by atoms with van der Waals surface area (Å²) < 4.78 is 14.1. The normalized spacial score (nSPS) is 13.7. The number of nitrogens with zero attached hydrogens (tertiary/aromatic N) is 2. The van der Waals surface area contributed by atoms with E-state index in [9.17, 15) is 0 Å². The summed E-state index contributed by atoms with van der Waals surface area (Å²) in [6.45, 7) is 15.7. The van der Waals surface area contributed by atoms with Crippen molar-refractivity contribution in [3.63, 3.8) is 0 Å². The monoisotopic (exact) mass is 752 g/mol. The Labute approximate surface area is 340 Å². The van der Waals surface area contributed by atoms with Crippen molar-refractivity contribution < 1.29 is 8.83 Å². The van der Waals surface area contributed by atoms with Crippen molar-refractivity contribution in [1.82, 2.24) is 0 Å². The summed E-state index contributed by atoms with van der Waals surface area (Å²) in [5.41, 5.74) is 17.9. The summed E-state index contributed by atoms with van der Waals surface area (Å²) in [7, 11) is 0. The van der Waals surface area contributed by atoms with Gasteiger partial charge in [-0.05, 0) is 106 Å². The zero-order valence-electron chi connectivity index (χ0n) is 34.1. The van der Waals surface area contributed by atoms with Gasteiger partial charge in [-0.1, -0.05) is 133 Å². The number of para-hydroxylation sites is 2. The van der Waals surface area contributed by atoms with E-state index in [1.165, 1.54) is 38.8 Å². The lowest BCUT2D eigenvalue weighted by molar-refractivity contribution is 0.590. The first-order valence-electron chi connectivity index (χ1n) is 20.5. The van der Waals surface area contributed by atoms with Crippen LogP contribution in [-0.2, 0) is 10.8 Å². The van der Waals surface area contributed by atoms with Crippen molar-refractivity contribution in [3.05, 3.63) is 162 Å². The fourth-order valence-electron chi connectivity index (χ4n) is 9.53. The van der Waals surface area contributed by atoms with Gasteiger partial charge in [0.2, 0.25) is 5.88 Å². The molecule has 0 amide bonds. The average molecular weight is 753 g/mol. The third kappa shape index (κ3) is 5.08. The standard InChI is InChI=1S/C53H45BN2O2/c1-32-29-41-47-43(28-26-38-37-17-11-13-19-45(37)57-50(38)47)56(36-24-21-34(22-25-36)52(2,3)4)54-48(41)44(30-32)55(51-49(54)39-18-12-14-20-46(39)58-51)42-27-23-35(53(5,6)7)31-40(42)33-15-9-8-10-16-33/h8-31H,1-7H3. The number of aryl methyl sites for hydroxylation is 1. The van der Waals surface area contributed by atoms with Gasteiger partial charge in [0.15, 0.2) is 0 Å². The van der Waals surface area contributed by atoms with Gasteiger partial charge in [0, 0.05) is 49.8 Å². The Morgan fingerprint density at radius 3 is 1.86 bits per heavy atom. The third-order valence-electron chi connectivity index (χ3n) is 12.4. The van der Waals surface area contributed by atoms with Gasteiger partial charge >= 0.3 is 6.85 Å². The van der Waals surface area contributed by atoms with E-state index in [-0.39, 0.29) is 17.7 Å². The van der Waals surface area contributed by atoms with E-state index in [0.29, 0.717) is 0 Å². The molecule has 4 heterocycles. The molecule has 0 aliphatic carbocycles. The Morgan fingerprint density at radius 1 is 0.500 bits per heavy atom. The first-order chi connectivity index (χ1) is 28.0. The molecule has 0 saturated carbocycles. The summed E-state index contributed by atoms with van der Waals surface area (Å²) in [5.74, 6) is 0.848.